The molecular formula is C11H15Br2NOS. The van der Waals surface area contributed by atoms with Gasteiger partial charge in [0.25, 0.3) is 0 Å². The van der Waals surface area contributed by atoms with Gasteiger partial charge in [0.2, 0.25) is 0 Å². The van der Waals surface area contributed by atoms with Crippen LogP contribution in [-0.4, -0.2) is 30.8 Å². The number of thiophene rings is 1. The first-order valence-corrected chi connectivity index (χ1v) is 7.47. The van der Waals surface area contributed by atoms with Crippen molar-refractivity contribution < 1.29 is 4.79 Å². The average molecular weight is 369 g/mol. The molecule has 0 bridgehead atoms. The topological polar surface area (TPSA) is 20.3 Å². The largest absolute Gasteiger partial charge is 0.299 e. The number of hydrogen-bond donors (Lipinski definition) is 0. The predicted octanol–water partition coefficient (Wildman–Crippen LogP) is 4.04. The van der Waals surface area contributed by atoms with Crippen LogP contribution in [-0.2, 0) is 0 Å². The molecule has 1 heterocycles. The summed E-state index contributed by atoms with van der Waals surface area (Å²) in [5.41, 5.74) is 0.771. The van der Waals surface area contributed by atoms with Gasteiger partial charge in [-0.3, -0.25) is 9.69 Å². The maximum atomic E-state index is 12.0. The fraction of sp³-hybridized carbons (Fsp3) is 0.545. The lowest BCUT2D eigenvalue weighted by Gasteiger charge is -2.17. The minimum Gasteiger partial charge on any atom is -0.299 e. The number of rotatable bonds is 5. The summed E-state index contributed by atoms with van der Waals surface area (Å²) < 4.78 is 1.89. The lowest BCUT2D eigenvalue weighted by molar-refractivity contribution is 0.0940. The number of halogens is 2. The molecule has 5 heteroatoms. The van der Waals surface area contributed by atoms with Crippen molar-refractivity contribution in [3.8, 4) is 0 Å². The summed E-state index contributed by atoms with van der Waals surface area (Å²) in [6.07, 6.45) is 0. The second-order valence-corrected chi connectivity index (χ2v) is 8.00. The zero-order valence-electron chi connectivity index (χ0n) is 9.59. The number of carbonyl (C=O) groups is 1. The van der Waals surface area contributed by atoms with Crippen LogP contribution in [0, 0.1) is 5.92 Å². The first-order valence-electron chi connectivity index (χ1n) is 5.06. The van der Waals surface area contributed by atoms with Crippen molar-refractivity contribution in [2.75, 3.05) is 20.1 Å². The molecule has 0 saturated heterocycles. The van der Waals surface area contributed by atoms with Gasteiger partial charge in [0, 0.05) is 12.1 Å². The van der Waals surface area contributed by atoms with Crippen LogP contribution in [0.5, 0.6) is 0 Å². The molecule has 0 atom stereocenters. The molecule has 1 aromatic heterocycles. The van der Waals surface area contributed by atoms with Crippen LogP contribution in [0.15, 0.2) is 13.6 Å². The van der Waals surface area contributed by atoms with Crippen molar-refractivity contribution in [2.24, 2.45) is 5.92 Å². The minimum absolute atomic E-state index is 0.164. The first-order chi connectivity index (χ1) is 7.40. The second kappa shape index (κ2) is 6.28. The molecule has 0 fully saturated rings. The first kappa shape index (κ1) is 14.4. The average Bonchev–Trinajstić information content (AvgIpc) is 2.43. The maximum absolute atomic E-state index is 12.0. The third-order valence-electron chi connectivity index (χ3n) is 2.05. The Kier molecular flexibility index (Phi) is 5.64. The summed E-state index contributed by atoms with van der Waals surface area (Å²) in [5.74, 6) is 0.743. The molecule has 0 aliphatic carbocycles. The fourth-order valence-corrected chi connectivity index (χ4v) is 4.40. The van der Waals surface area contributed by atoms with Gasteiger partial charge < -0.3 is 0 Å². The number of ketones is 1. The van der Waals surface area contributed by atoms with Crippen LogP contribution < -0.4 is 0 Å². The van der Waals surface area contributed by atoms with Crippen LogP contribution >= 0.6 is 43.2 Å². The van der Waals surface area contributed by atoms with Crippen LogP contribution in [0.25, 0.3) is 0 Å². The monoisotopic (exact) mass is 367 g/mol. The Labute approximate surface area is 117 Å². The standard InChI is InChI=1S/C11H15Br2NOS/c1-7(2)5-14(3)6-9(15)8-4-10(12)16-11(8)13/h4,7H,5-6H2,1-3H3. The molecule has 16 heavy (non-hydrogen) atoms. The minimum atomic E-state index is 0.164. The number of hydrogen-bond acceptors (Lipinski definition) is 3. The Hall–Kier alpha value is 0.290. The summed E-state index contributed by atoms with van der Waals surface area (Å²) in [5, 5.41) is 0. The van der Waals surface area contributed by atoms with Gasteiger partial charge in [-0.05, 0) is 50.9 Å². The van der Waals surface area contributed by atoms with E-state index < -0.39 is 0 Å². The number of Topliss-reactive ketones (excluding diaryl/α,β-unsaturated/α-hetero) is 1. The molecular weight excluding hydrogens is 354 g/mol. The van der Waals surface area contributed by atoms with E-state index in [1.807, 2.05) is 13.1 Å². The van der Waals surface area contributed by atoms with E-state index in [0.29, 0.717) is 12.5 Å². The molecule has 0 amide bonds. The molecule has 2 nitrogen and oxygen atoms in total. The molecule has 90 valence electrons. The Bertz CT molecular complexity index is 376. The van der Waals surface area contributed by atoms with E-state index in [4.69, 9.17) is 0 Å². The molecule has 1 rings (SSSR count). The quantitative estimate of drug-likeness (QED) is 0.731. The Morgan fingerprint density at radius 3 is 2.56 bits per heavy atom. The molecule has 0 unspecified atom stereocenters. The van der Waals surface area contributed by atoms with Gasteiger partial charge in [0.05, 0.1) is 14.1 Å². The van der Waals surface area contributed by atoms with E-state index in [0.717, 1.165) is 19.7 Å². The number of nitrogens with zero attached hydrogens (tertiary/aromatic N) is 1. The summed E-state index contributed by atoms with van der Waals surface area (Å²) in [6, 6.07) is 1.88. The highest BCUT2D eigenvalue weighted by Gasteiger charge is 2.15. The van der Waals surface area contributed by atoms with Crippen LogP contribution in [0.3, 0.4) is 0 Å². The molecule has 0 aromatic carbocycles. The van der Waals surface area contributed by atoms with Gasteiger partial charge in [-0.15, -0.1) is 11.3 Å². The van der Waals surface area contributed by atoms with Crippen molar-refractivity contribution in [1.82, 2.24) is 4.90 Å². The van der Waals surface area contributed by atoms with Crippen LogP contribution in [0.1, 0.15) is 24.2 Å². The van der Waals surface area contributed by atoms with E-state index >= 15 is 0 Å². The molecule has 0 saturated carbocycles. The van der Waals surface area contributed by atoms with Gasteiger partial charge >= 0.3 is 0 Å². The highest BCUT2D eigenvalue weighted by atomic mass is 79.9. The van der Waals surface area contributed by atoms with Gasteiger partial charge in [0.15, 0.2) is 5.78 Å². The molecule has 0 aliphatic heterocycles. The number of likely N-dealkylation sites (N-methyl/N-ethyl adjacent to an activating group) is 1. The van der Waals surface area contributed by atoms with Crippen molar-refractivity contribution in [2.45, 2.75) is 13.8 Å². The highest BCUT2D eigenvalue weighted by Crippen LogP contribution is 2.32. The molecule has 0 spiro atoms. The van der Waals surface area contributed by atoms with Gasteiger partial charge in [-0.25, -0.2) is 0 Å². The third-order valence-corrected chi connectivity index (χ3v) is 4.39. The van der Waals surface area contributed by atoms with Gasteiger partial charge in [0.1, 0.15) is 0 Å². The highest BCUT2D eigenvalue weighted by molar-refractivity contribution is 9.12. The Morgan fingerprint density at radius 2 is 2.12 bits per heavy atom. The van der Waals surface area contributed by atoms with Crippen molar-refractivity contribution in [3.05, 3.63) is 19.2 Å². The summed E-state index contributed by atoms with van der Waals surface area (Å²) >= 11 is 8.32. The van der Waals surface area contributed by atoms with E-state index in [1.54, 1.807) is 0 Å². The van der Waals surface area contributed by atoms with E-state index in [2.05, 4.69) is 50.6 Å². The SMILES string of the molecule is CC(C)CN(C)CC(=O)c1cc(Br)sc1Br. The third kappa shape index (κ3) is 4.28. The lowest BCUT2D eigenvalue weighted by Crippen LogP contribution is -2.29. The van der Waals surface area contributed by atoms with Crippen molar-refractivity contribution in [1.29, 1.82) is 0 Å². The maximum Gasteiger partial charge on any atom is 0.178 e. The predicted molar refractivity (Wildman–Crippen MR) is 76.4 cm³/mol. The summed E-state index contributed by atoms with van der Waals surface area (Å²) in [6.45, 7) is 5.71. The Morgan fingerprint density at radius 1 is 1.50 bits per heavy atom. The Balaban J connectivity index is 2.62. The summed E-state index contributed by atoms with van der Waals surface area (Å²) in [4.78, 5) is 14.0. The van der Waals surface area contributed by atoms with Crippen molar-refractivity contribution in [3.63, 3.8) is 0 Å². The number of carbonyl (C=O) groups excluding carboxylic acids is 1. The molecule has 0 N–H and O–H groups in total. The van der Waals surface area contributed by atoms with Crippen molar-refractivity contribution >= 4 is 49.0 Å². The molecule has 0 radical (unpaired) electrons. The molecule has 1 aromatic rings. The van der Waals surface area contributed by atoms with Crippen LogP contribution in [0.4, 0.5) is 0 Å². The van der Waals surface area contributed by atoms with E-state index in [-0.39, 0.29) is 5.78 Å². The normalized spacial score (nSPS) is 11.4. The smallest absolute Gasteiger partial charge is 0.178 e. The zero-order valence-corrected chi connectivity index (χ0v) is 13.6. The molecule has 0 aliphatic rings. The lowest BCUT2D eigenvalue weighted by atomic mass is 10.2. The second-order valence-electron chi connectivity index (χ2n) is 4.25. The van der Waals surface area contributed by atoms with Gasteiger partial charge in [-0.2, -0.15) is 0 Å². The fourth-order valence-electron chi connectivity index (χ4n) is 1.55. The van der Waals surface area contributed by atoms with E-state index in [9.17, 15) is 4.79 Å². The summed E-state index contributed by atoms with van der Waals surface area (Å²) in [7, 11) is 1.98. The van der Waals surface area contributed by atoms with Gasteiger partial charge in [-0.1, -0.05) is 13.8 Å². The van der Waals surface area contributed by atoms with Crippen LogP contribution in [0.2, 0.25) is 0 Å². The van der Waals surface area contributed by atoms with E-state index in [1.165, 1.54) is 11.3 Å². The zero-order chi connectivity index (χ0) is 12.3.